The molecule has 0 aromatic rings. The third-order valence-electron chi connectivity index (χ3n) is 2.27. The summed E-state index contributed by atoms with van der Waals surface area (Å²) < 4.78 is 10.5. The molecule has 8 nitrogen and oxygen atoms in total. The summed E-state index contributed by atoms with van der Waals surface area (Å²) >= 11 is 0. The summed E-state index contributed by atoms with van der Waals surface area (Å²) in [4.78, 5) is 30.0. The van der Waals surface area contributed by atoms with Crippen molar-refractivity contribution in [2.75, 3.05) is 0 Å². The van der Waals surface area contributed by atoms with Gasteiger partial charge in [0.05, 0.1) is 0 Å². The van der Waals surface area contributed by atoms with Gasteiger partial charge in [-0.3, -0.25) is 4.99 Å². The van der Waals surface area contributed by atoms with Crippen molar-refractivity contribution in [1.29, 1.82) is 5.26 Å². The van der Waals surface area contributed by atoms with E-state index in [1.54, 1.807) is 55.4 Å². The van der Waals surface area contributed by atoms with E-state index in [-0.39, 0.29) is 17.5 Å². The molecule has 0 aliphatic carbocycles. The highest BCUT2D eigenvalue weighted by atomic mass is 16.6. The van der Waals surface area contributed by atoms with E-state index in [4.69, 9.17) is 15.2 Å². The Morgan fingerprint density at radius 3 is 1.72 bits per heavy atom. The molecule has 0 saturated heterocycles. The van der Waals surface area contributed by atoms with Gasteiger partial charge in [0.25, 0.3) is 0 Å². The van der Waals surface area contributed by atoms with Crippen LogP contribution in [0, 0.1) is 11.3 Å². The molecule has 0 atom stereocenters. The maximum atomic E-state index is 12.6. The molecule has 0 heterocycles. The van der Waals surface area contributed by atoms with E-state index in [1.807, 2.05) is 6.07 Å². The van der Waals surface area contributed by atoms with E-state index in [2.05, 4.69) is 4.99 Å². The van der Waals surface area contributed by atoms with Crippen LogP contribution in [0.15, 0.2) is 16.8 Å². The number of amidine groups is 1. The molecule has 2 amide bonds. The fourth-order valence-corrected chi connectivity index (χ4v) is 1.52. The van der Waals surface area contributed by atoms with Crippen LogP contribution in [0.25, 0.3) is 0 Å². The number of hydrogen-bond donors (Lipinski definition) is 1. The standard InChI is InChI=1S/C17H28N4O4/c1-11(2)20-13(12(9-18)10-19)21(14(22)24-16(3,4)5)15(23)25-17(6,7)8/h9,11H,18H2,1-8H3. The molecule has 0 saturated carbocycles. The second kappa shape index (κ2) is 8.51. The lowest BCUT2D eigenvalue weighted by molar-refractivity contribution is 0.0148. The molecule has 0 unspecified atom stereocenters. The highest BCUT2D eigenvalue weighted by Gasteiger charge is 2.36. The summed E-state index contributed by atoms with van der Waals surface area (Å²) in [7, 11) is 0. The zero-order chi connectivity index (χ0) is 20.0. The molecule has 8 heteroatoms. The highest BCUT2D eigenvalue weighted by molar-refractivity contribution is 6.17. The molecule has 0 fully saturated rings. The summed E-state index contributed by atoms with van der Waals surface area (Å²) in [5.41, 5.74) is 3.59. The minimum absolute atomic E-state index is 0.148. The second-order valence-corrected chi connectivity index (χ2v) is 7.53. The van der Waals surface area contributed by atoms with E-state index in [1.165, 1.54) is 0 Å². The average molecular weight is 352 g/mol. The molecular formula is C17H28N4O4. The van der Waals surface area contributed by atoms with Crippen molar-refractivity contribution in [2.24, 2.45) is 10.7 Å². The third-order valence-corrected chi connectivity index (χ3v) is 2.27. The predicted molar refractivity (Wildman–Crippen MR) is 94.8 cm³/mol. The van der Waals surface area contributed by atoms with Gasteiger partial charge in [-0.2, -0.15) is 10.2 Å². The molecule has 0 aliphatic heterocycles. The van der Waals surface area contributed by atoms with Gasteiger partial charge in [0, 0.05) is 12.2 Å². The quantitative estimate of drug-likeness (QED) is 0.462. The van der Waals surface area contributed by atoms with Crippen LogP contribution in [0.5, 0.6) is 0 Å². The van der Waals surface area contributed by atoms with Crippen molar-refractivity contribution < 1.29 is 19.1 Å². The number of ether oxygens (including phenoxy) is 2. The van der Waals surface area contributed by atoms with Crippen molar-refractivity contribution in [3.05, 3.63) is 11.8 Å². The summed E-state index contributed by atoms with van der Waals surface area (Å²) in [6.07, 6.45) is -1.03. The Morgan fingerprint density at radius 1 is 1.08 bits per heavy atom. The van der Waals surface area contributed by atoms with Gasteiger partial charge in [-0.05, 0) is 55.4 Å². The lowest BCUT2D eigenvalue weighted by Gasteiger charge is -2.29. The summed E-state index contributed by atoms with van der Waals surface area (Å²) in [5, 5.41) is 9.28. The summed E-state index contributed by atoms with van der Waals surface area (Å²) in [5.74, 6) is -0.219. The maximum Gasteiger partial charge on any atom is 0.425 e. The third kappa shape index (κ3) is 8.20. The fraction of sp³-hybridized carbons (Fsp3) is 0.647. The molecule has 0 aromatic heterocycles. The predicted octanol–water partition coefficient (Wildman–Crippen LogP) is 3.33. The second-order valence-electron chi connectivity index (χ2n) is 7.53. The zero-order valence-corrected chi connectivity index (χ0v) is 16.2. The first-order valence-electron chi connectivity index (χ1n) is 7.88. The fourth-order valence-electron chi connectivity index (χ4n) is 1.52. The molecule has 140 valence electrons. The van der Waals surface area contributed by atoms with E-state index in [0.717, 1.165) is 6.20 Å². The van der Waals surface area contributed by atoms with Crippen molar-refractivity contribution in [1.82, 2.24) is 4.90 Å². The lowest BCUT2D eigenvalue weighted by atomic mass is 10.2. The van der Waals surface area contributed by atoms with E-state index < -0.39 is 23.4 Å². The van der Waals surface area contributed by atoms with Crippen molar-refractivity contribution in [3.8, 4) is 6.07 Å². The Morgan fingerprint density at radius 2 is 1.48 bits per heavy atom. The summed E-state index contributed by atoms with van der Waals surface area (Å²) in [6, 6.07) is 1.51. The first kappa shape index (κ1) is 22.4. The largest absolute Gasteiger partial charge is 0.443 e. The van der Waals surface area contributed by atoms with Crippen LogP contribution in [0.3, 0.4) is 0 Å². The molecule has 0 rings (SSSR count). The lowest BCUT2D eigenvalue weighted by Crippen LogP contribution is -2.47. The molecular weight excluding hydrogens is 324 g/mol. The van der Waals surface area contributed by atoms with E-state index in [0.29, 0.717) is 4.90 Å². The van der Waals surface area contributed by atoms with Gasteiger partial charge in [-0.25, -0.2) is 9.59 Å². The molecule has 2 N–H and O–H groups in total. The van der Waals surface area contributed by atoms with Crippen LogP contribution in [-0.2, 0) is 9.47 Å². The van der Waals surface area contributed by atoms with Crippen LogP contribution in [0.1, 0.15) is 55.4 Å². The number of carbonyl (C=O) groups excluding carboxylic acids is 2. The number of amides is 2. The topological polar surface area (TPSA) is 118 Å². The van der Waals surface area contributed by atoms with Crippen molar-refractivity contribution in [3.63, 3.8) is 0 Å². The smallest absolute Gasteiger partial charge is 0.425 e. The summed E-state index contributed by atoms with van der Waals surface area (Å²) in [6.45, 7) is 13.4. The Kier molecular flexibility index (Phi) is 7.64. The molecule has 0 aromatic carbocycles. The van der Waals surface area contributed by atoms with Crippen LogP contribution in [0.2, 0.25) is 0 Å². The SMILES string of the molecule is CC(C)N=C(C(C#N)=CN)N(C(=O)OC(C)(C)C)C(=O)OC(C)(C)C. The molecule has 0 bridgehead atoms. The van der Waals surface area contributed by atoms with Gasteiger partial charge >= 0.3 is 12.2 Å². The molecule has 0 radical (unpaired) electrons. The highest BCUT2D eigenvalue weighted by Crippen LogP contribution is 2.17. The number of rotatable bonds is 2. The number of imide groups is 1. The number of hydrogen-bond acceptors (Lipinski definition) is 7. The first-order chi connectivity index (χ1) is 11.2. The Labute approximate surface area is 149 Å². The first-order valence-corrected chi connectivity index (χ1v) is 7.88. The Hall–Kier alpha value is -2.56. The van der Waals surface area contributed by atoms with Gasteiger partial charge < -0.3 is 15.2 Å². The normalized spacial score (nSPS) is 13.3. The van der Waals surface area contributed by atoms with Gasteiger partial charge in [0.2, 0.25) is 0 Å². The number of nitrogens with zero attached hydrogens (tertiary/aromatic N) is 3. The molecule has 25 heavy (non-hydrogen) atoms. The van der Waals surface area contributed by atoms with Gasteiger partial charge in [-0.1, -0.05) is 0 Å². The van der Waals surface area contributed by atoms with Crippen LogP contribution >= 0.6 is 0 Å². The van der Waals surface area contributed by atoms with Gasteiger partial charge in [0.1, 0.15) is 22.8 Å². The number of carbonyl (C=O) groups is 2. The minimum atomic E-state index is -1.00. The number of nitriles is 1. The Balaban J connectivity index is 6.19. The van der Waals surface area contributed by atoms with Crippen molar-refractivity contribution in [2.45, 2.75) is 72.6 Å². The number of nitrogens with two attached hydrogens (primary N) is 1. The zero-order valence-electron chi connectivity index (χ0n) is 16.2. The van der Waals surface area contributed by atoms with Crippen LogP contribution in [0.4, 0.5) is 9.59 Å². The van der Waals surface area contributed by atoms with Crippen molar-refractivity contribution >= 4 is 18.0 Å². The average Bonchev–Trinajstić information content (AvgIpc) is 2.34. The van der Waals surface area contributed by atoms with Crippen LogP contribution in [-0.4, -0.2) is 40.2 Å². The molecule has 0 spiro atoms. The van der Waals surface area contributed by atoms with E-state index in [9.17, 15) is 14.9 Å². The number of aliphatic imine (C=N–C) groups is 1. The minimum Gasteiger partial charge on any atom is -0.443 e. The monoisotopic (exact) mass is 352 g/mol. The maximum absolute atomic E-state index is 12.6. The van der Waals surface area contributed by atoms with E-state index >= 15 is 0 Å². The Bertz CT molecular complexity index is 574. The molecule has 0 aliphatic rings. The van der Waals surface area contributed by atoms with Gasteiger partial charge in [-0.15, -0.1) is 0 Å². The van der Waals surface area contributed by atoms with Crippen LogP contribution < -0.4 is 5.73 Å². The van der Waals surface area contributed by atoms with Gasteiger partial charge in [0.15, 0.2) is 5.84 Å².